The van der Waals surface area contributed by atoms with Crippen LogP contribution in [0.3, 0.4) is 0 Å². The molecule has 3 aromatic heterocycles. The van der Waals surface area contributed by atoms with Crippen LogP contribution in [-0.2, 0) is 115 Å². The molecule has 10 rings (SSSR count). The number of carbonyl (C=O) groups is 8. The summed E-state index contributed by atoms with van der Waals surface area (Å²) in [6.07, 6.45) is 9.24. The van der Waals surface area contributed by atoms with Gasteiger partial charge < -0.3 is 119 Å². The molecule has 0 unspecified atom stereocenters. The van der Waals surface area contributed by atoms with E-state index >= 15 is 0 Å². The number of rotatable bonds is 39. The molecule has 2 bridgehead atoms. The van der Waals surface area contributed by atoms with Crippen molar-refractivity contribution < 1.29 is 120 Å². The van der Waals surface area contributed by atoms with Crippen LogP contribution in [0.25, 0.3) is 33.4 Å². The van der Waals surface area contributed by atoms with Gasteiger partial charge >= 0.3 is 12.1 Å². The van der Waals surface area contributed by atoms with Gasteiger partial charge in [0.05, 0.1) is 142 Å². The second kappa shape index (κ2) is 52.9. The lowest BCUT2D eigenvalue weighted by molar-refractivity contribution is -0.265. The Labute approximate surface area is 765 Å². The number of hydrogen-bond acceptors (Lipinski definition) is 32. The molecule has 5 aromatic rings. The quantitative estimate of drug-likeness (QED) is 0.00875. The molecule has 5 aliphatic rings. The standard InChI is InChI=1S/C94H136N12O25/c1-59-14-10-9-11-15-60(2)77(118-7)54-70-22-17-64(6)94(117,131-70)87(113)90(114)105-30-13-12-16-73(105)91(115)128-78(55-74(107)61(3)49-63(5)85(111)86(112)84(110)62(4)48-59)71(95)51-65-19-23-76(79(52-65)119-8)130-93(116)99-29-35-123-39-43-127-46-44-124-40-36-120-32-26-80(108)98-28-34-122-38-42-126-47-45-125-41-37-121-33-27-81(109)104-31-25-67-50-66(18-20-69(67)57-104)56-106-89-82(88(96)100-58-101-89)83(103-106)68-21-24-75-72(53-68)102-92(97)129-75/h9-11,14-15,18,20-21,24,49-50,53,58-59,61-62,64-65,70-71,73,76-79,85-86,111-112,117H,12-13,16-17,19,22-23,25-48,51-52,54-57,95H2,1-8H3,(H2,97,102)(H,98,108)(H,99,116)(H2,96,100,101)/b11-9?,14-10+,60-15?,63-49+/t59-,61-,62-,64-,65+,70+,71-,73+,76-,77+,78+,79-,85-,86+,94-/m1/s1. The number of nitrogens with one attached hydrogen (secondary N) is 2. The number of Topliss-reactive ketones (excluding diaryl/α,β-unsaturated/α-hetero) is 3. The van der Waals surface area contributed by atoms with E-state index in [1.54, 1.807) is 33.9 Å². The molecule has 37 nitrogen and oxygen atoms in total. The number of ether oxygens (including phenoxy) is 13. The Morgan fingerprint density at radius 1 is 0.687 bits per heavy atom. The molecule has 1 saturated carbocycles. The number of methoxy groups -OCH3 is 2. The number of piperidine rings is 1. The molecular weight excluding hydrogens is 1700 g/mol. The highest BCUT2D eigenvalue weighted by atomic mass is 16.6. The van der Waals surface area contributed by atoms with Crippen molar-refractivity contribution >= 4 is 81.1 Å². The first-order valence-electron chi connectivity index (χ1n) is 45.9. The molecule has 0 spiro atoms. The molecule has 0 radical (unpaired) electrons. The van der Waals surface area contributed by atoms with E-state index in [1.165, 1.54) is 32.0 Å². The Kier molecular flexibility index (Phi) is 41.8. The number of carbonyl (C=O) groups excluding carboxylic acids is 8. The summed E-state index contributed by atoms with van der Waals surface area (Å²) >= 11 is 0. The third kappa shape index (κ3) is 31.1. The van der Waals surface area contributed by atoms with Crippen LogP contribution < -0.4 is 27.8 Å². The lowest BCUT2D eigenvalue weighted by Crippen LogP contribution is -2.61. The van der Waals surface area contributed by atoms with Crippen LogP contribution in [0, 0.1) is 29.6 Å². The van der Waals surface area contributed by atoms with Crippen LogP contribution in [0.4, 0.5) is 16.6 Å². The van der Waals surface area contributed by atoms with Crippen LogP contribution in [0.1, 0.15) is 148 Å². The lowest BCUT2D eigenvalue weighted by Gasteiger charge is -2.42. The van der Waals surface area contributed by atoms with Gasteiger partial charge in [-0.25, -0.2) is 24.2 Å². The molecule has 2 aromatic carbocycles. The van der Waals surface area contributed by atoms with Crippen molar-refractivity contribution in [1.82, 2.24) is 45.2 Å². The van der Waals surface area contributed by atoms with E-state index < -0.39 is 120 Å². The number of ketones is 3. The number of hydrogen-bond donors (Lipinski definition) is 8. The van der Waals surface area contributed by atoms with Gasteiger partial charge in [0.15, 0.2) is 17.0 Å². The first-order valence-corrected chi connectivity index (χ1v) is 45.9. The summed E-state index contributed by atoms with van der Waals surface area (Å²) in [5.74, 6) is -9.17. The zero-order valence-corrected chi connectivity index (χ0v) is 76.9. The third-order valence-electron chi connectivity index (χ3n) is 24.7. The minimum atomic E-state index is -2.52. The largest absolute Gasteiger partial charge is 0.459 e. The topological polar surface area (TPSA) is 495 Å². The van der Waals surface area contributed by atoms with Gasteiger partial charge in [-0.2, -0.15) is 10.1 Å². The predicted molar refractivity (Wildman–Crippen MR) is 482 cm³/mol. The van der Waals surface area contributed by atoms with Crippen molar-refractivity contribution in [3.8, 4) is 11.3 Å². The van der Waals surface area contributed by atoms with Gasteiger partial charge in [0.1, 0.15) is 59.6 Å². The van der Waals surface area contributed by atoms with Crippen LogP contribution >= 0.6 is 0 Å². The minimum absolute atomic E-state index is 0.00662. The predicted octanol–water partition coefficient (Wildman–Crippen LogP) is 6.73. The lowest BCUT2D eigenvalue weighted by atomic mass is 9.80. The van der Waals surface area contributed by atoms with Gasteiger partial charge in [0, 0.05) is 95.6 Å². The highest BCUT2D eigenvalue weighted by molar-refractivity contribution is 6.39. The number of oxazole rings is 1. The van der Waals surface area contributed by atoms with E-state index in [0.29, 0.717) is 184 Å². The number of nitrogens with two attached hydrogens (primary N) is 3. The number of nitrogen functional groups attached to an aromatic ring is 2. The maximum atomic E-state index is 14.7. The highest BCUT2D eigenvalue weighted by Crippen LogP contribution is 2.39. The van der Waals surface area contributed by atoms with Crippen molar-refractivity contribution in [2.24, 2.45) is 35.3 Å². The molecule has 37 heteroatoms. The zero-order chi connectivity index (χ0) is 93.9. The molecule has 7 heterocycles. The van der Waals surface area contributed by atoms with Gasteiger partial charge in [0.2, 0.25) is 17.6 Å². The van der Waals surface area contributed by atoms with E-state index in [-0.39, 0.29) is 113 Å². The fraction of sp³-hybridized carbons (Fsp3) is 0.638. The van der Waals surface area contributed by atoms with Gasteiger partial charge in [-0.3, -0.25) is 28.8 Å². The fourth-order valence-electron chi connectivity index (χ4n) is 17.1. The number of aromatic nitrogens is 5. The summed E-state index contributed by atoms with van der Waals surface area (Å²) in [4.78, 5) is 126. The van der Waals surface area contributed by atoms with E-state index in [4.69, 9.17) is 88.3 Å². The Morgan fingerprint density at radius 2 is 1.36 bits per heavy atom. The number of aliphatic hydroxyl groups excluding tert-OH is 2. The number of nitrogens with zero attached hydrogens (tertiary/aromatic N) is 7. The number of allylic oxidation sites excluding steroid dienone is 6. The molecule has 11 N–H and O–H groups in total. The summed E-state index contributed by atoms with van der Waals surface area (Å²) in [6.45, 7) is 17.2. The Bertz CT molecular complexity index is 4670. The summed E-state index contributed by atoms with van der Waals surface area (Å²) in [5.41, 5.74) is 26.7. The van der Waals surface area contributed by atoms with Crippen LogP contribution in [0.15, 0.2) is 94.7 Å². The van der Waals surface area contributed by atoms with Crippen LogP contribution in [-0.4, -0.2) is 304 Å². The first kappa shape index (κ1) is 104. The van der Waals surface area contributed by atoms with E-state index in [0.717, 1.165) is 33.6 Å². The van der Waals surface area contributed by atoms with Crippen molar-refractivity contribution in [3.63, 3.8) is 0 Å². The second-order valence-electron chi connectivity index (χ2n) is 34.5. The maximum Gasteiger partial charge on any atom is 0.407 e. The number of aliphatic hydroxyl groups is 3. The highest BCUT2D eigenvalue weighted by Gasteiger charge is 2.53. The monoisotopic (exact) mass is 1830 g/mol. The summed E-state index contributed by atoms with van der Waals surface area (Å²) in [7, 11) is 3.05. The summed E-state index contributed by atoms with van der Waals surface area (Å²) in [6, 6.07) is 9.62. The number of anilines is 2. The molecule has 15 atom stereocenters. The van der Waals surface area contributed by atoms with Crippen molar-refractivity contribution in [2.45, 2.75) is 212 Å². The molecule has 131 heavy (non-hydrogen) atoms. The minimum Gasteiger partial charge on any atom is -0.459 e. The van der Waals surface area contributed by atoms with Crippen LogP contribution in [0.5, 0.6) is 0 Å². The normalized spacial score (nSPS) is 25.8. The Hall–Kier alpha value is -9.42. The molecule has 4 amide bonds. The van der Waals surface area contributed by atoms with Gasteiger partial charge in [-0.15, -0.1) is 0 Å². The Balaban J connectivity index is 0.533. The average molecular weight is 1830 g/mol. The summed E-state index contributed by atoms with van der Waals surface area (Å²) in [5, 5.41) is 45.7. The molecule has 722 valence electrons. The smallest absolute Gasteiger partial charge is 0.407 e. The fourth-order valence-corrected chi connectivity index (χ4v) is 17.1. The first-order chi connectivity index (χ1) is 63.1. The number of benzene rings is 2. The summed E-state index contributed by atoms with van der Waals surface area (Å²) < 4.78 is 82.1. The molecule has 2 saturated heterocycles. The number of amides is 4. The molecule has 3 fully saturated rings. The average Bonchev–Trinajstić information content (AvgIpc) is 1.33. The Morgan fingerprint density at radius 3 is 2.05 bits per heavy atom. The van der Waals surface area contributed by atoms with Gasteiger partial charge in [-0.05, 0) is 142 Å². The van der Waals surface area contributed by atoms with Crippen molar-refractivity contribution in [3.05, 3.63) is 107 Å². The zero-order valence-electron chi connectivity index (χ0n) is 76.9. The van der Waals surface area contributed by atoms with Gasteiger partial charge in [0.25, 0.3) is 17.7 Å². The van der Waals surface area contributed by atoms with Crippen LogP contribution in [0.2, 0.25) is 0 Å². The van der Waals surface area contributed by atoms with E-state index in [1.807, 2.05) is 72.0 Å². The third-order valence-corrected chi connectivity index (χ3v) is 24.7. The van der Waals surface area contributed by atoms with Crippen molar-refractivity contribution in [2.75, 3.05) is 158 Å². The number of alkyl carbamates (subject to hydrolysis) is 1. The number of esters is 1. The SMILES string of the molecule is CO[C@H]1C[C@@H]2CC[C@@H](C)[C@@](O)(O2)C(=O)C(=O)N2CCCC[C@H]2C(=O)O[C@H]([C@H](N)C[C@@H]2CC[C@@H](OC(=O)NCCOCCOCCOCCOCCC(=O)NCCOCCOCCOCCOCCC(=O)N3CCc4cc(Cn5nc(-c6ccc7oc(N)nc7c6)c6c(N)ncnc65)ccc4C3)[C@H](OC)C2)CC(=O)[C@H](C)/C=C(\C)[C@@H](O)[C@@H](O)C(=O)[C@H](C)C[C@H](C)/C=C/C=CC=C1C. The maximum absolute atomic E-state index is 14.7. The number of cyclic esters (lactones) is 1. The van der Waals surface area contributed by atoms with Crippen molar-refractivity contribution in [1.29, 1.82) is 0 Å². The van der Waals surface area contributed by atoms with E-state index in [9.17, 15) is 53.7 Å². The second-order valence-corrected chi connectivity index (χ2v) is 34.5. The van der Waals surface area contributed by atoms with E-state index in [2.05, 4.69) is 37.7 Å². The van der Waals surface area contributed by atoms with Gasteiger partial charge in [-0.1, -0.05) is 82.4 Å². The molecular formula is C94H136N12O25. The molecule has 4 aliphatic heterocycles. The number of fused-ring (bicyclic) bond motifs is 6. The molecule has 1 aliphatic carbocycles.